The highest BCUT2D eigenvalue weighted by atomic mass is 31.2. The van der Waals surface area contributed by atoms with Crippen molar-refractivity contribution < 1.29 is 37.9 Å². The maximum absolute atomic E-state index is 12.2. The highest BCUT2D eigenvalue weighted by Gasteiger charge is 2.22. The van der Waals surface area contributed by atoms with E-state index >= 15 is 0 Å². The van der Waals surface area contributed by atoms with Crippen molar-refractivity contribution in [2.75, 3.05) is 13.2 Å². The molecule has 0 aliphatic carbocycles. The van der Waals surface area contributed by atoms with Crippen molar-refractivity contribution in [1.29, 1.82) is 0 Å². The van der Waals surface area contributed by atoms with Gasteiger partial charge in [-0.05, 0) is 32.1 Å². The van der Waals surface area contributed by atoms with E-state index in [-0.39, 0.29) is 19.4 Å². The topological polar surface area (TPSA) is 119 Å². The molecule has 8 nitrogen and oxygen atoms in total. The second-order valence-corrected chi connectivity index (χ2v) is 11.7. The lowest BCUT2D eigenvalue weighted by Crippen LogP contribution is -2.29. The van der Waals surface area contributed by atoms with Crippen LogP contribution >= 0.6 is 7.82 Å². The zero-order valence-corrected chi connectivity index (χ0v) is 25.7. The van der Waals surface area contributed by atoms with Crippen LogP contribution in [-0.4, -0.2) is 41.0 Å². The van der Waals surface area contributed by atoms with Gasteiger partial charge in [0.05, 0.1) is 6.61 Å². The fraction of sp³-hybridized carbons (Fsp3) is 0.867. The monoisotopic (exact) mass is 576 g/mol. The van der Waals surface area contributed by atoms with Crippen molar-refractivity contribution in [3.8, 4) is 0 Å². The third-order valence-electron chi connectivity index (χ3n) is 6.52. The molecule has 0 aliphatic heterocycles. The number of hydrogen-bond acceptors (Lipinski definition) is 6. The smallest absolute Gasteiger partial charge is 0.462 e. The van der Waals surface area contributed by atoms with Crippen LogP contribution in [0.5, 0.6) is 0 Å². The van der Waals surface area contributed by atoms with Crippen molar-refractivity contribution in [2.24, 2.45) is 0 Å². The van der Waals surface area contributed by atoms with Crippen LogP contribution in [-0.2, 0) is 28.2 Å². The standard InChI is InChI=1S/C30H57O8P/c1-3-5-7-9-11-13-15-17-18-20-22-24-29(31)36-26-28(27-37-39(33,34)35)38-30(32)25-23-21-19-16-14-12-10-8-6-4-2/h8,10,28H,3-7,9,11-27H2,1-2H3,(H2,33,34,35)/b10-8-. The summed E-state index contributed by atoms with van der Waals surface area (Å²) in [7, 11) is -4.73. The third-order valence-corrected chi connectivity index (χ3v) is 7.00. The van der Waals surface area contributed by atoms with Crippen LogP contribution in [0.25, 0.3) is 0 Å². The van der Waals surface area contributed by atoms with Crippen molar-refractivity contribution in [3.63, 3.8) is 0 Å². The normalized spacial score (nSPS) is 12.6. The first-order chi connectivity index (χ1) is 18.8. The van der Waals surface area contributed by atoms with Gasteiger partial charge in [0.15, 0.2) is 6.10 Å². The van der Waals surface area contributed by atoms with E-state index in [4.69, 9.17) is 19.3 Å². The van der Waals surface area contributed by atoms with E-state index in [1.807, 2.05) is 0 Å². The molecule has 0 heterocycles. The molecule has 0 fully saturated rings. The van der Waals surface area contributed by atoms with E-state index in [0.717, 1.165) is 57.8 Å². The molecule has 0 amide bonds. The van der Waals surface area contributed by atoms with Gasteiger partial charge >= 0.3 is 19.8 Å². The van der Waals surface area contributed by atoms with Crippen LogP contribution in [0.1, 0.15) is 149 Å². The molecule has 9 heteroatoms. The highest BCUT2D eigenvalue weighted by Crippen LogP contribution is 2.35. The second-order valence-electron chi connectivity index (χ2n) is 10.4. The van der Waals surface area contributed by atoms with E-state index < -0.39 is 32.5 Å². The lowest BCUT2D eigenvalue weighted by atomic mass is 10.1. The maximum atomic E-state index is 12.2. The number of carbonyl (C=O) groups excluding carboxylic acids is 2. The SMILES string of the molecule is CCC/C=C\CCCCCCCC(=O)OC(COC(=O)CCCCCCCCCCCCC)COP(=O)(O)O. The molecule has 230 valence electrons. The molecular weight excluding hydrogens is 519 g/mol. The summed E-state index contributed by atoms with van der Waals surface area (Å²) in [5.74, 6) is -0.897. The lowest BCUT2D eigenvalue weighted by molar-refractivity contribution is -0.161. The Labute approximate surface area is 237 Å². The average Bonchev–Trinajstić information content (AvgIpc) is 2.89. The molecule has 0 aromatic rings. The molecule has 0 bridgehead atoms. The van der Waals surface area contributed by atoms with Crippen molar-refractivity contribution in [2.45, 2.75) is 155 Å². The van der Waals surface area contributed by atoms with E-state index in [1.54, 1.807) is 0 Å². The van der Waals surface area contributed by atoms with Crippen LogP contribution in [0, 0.1) is 0 Å². The molecule has 0 saturated carbocycles. The van der Waals surface area contributed by atoms with Gasteiger partial charge in [-0.2, -0.15) is 0 Å². The Kier molecular flexibility index (Phi) is 26.1. The quantitative estimate of drug-likeness (QED) is 0.0413. The molecule has 0 aliphatic rings. The summed E-state index contributed by atoms with van der Waals surface area (Å²) in [5, 5.41) is 0. The van der Waals surface area contributed by atoms with Gasteiger partial charge in [0.2, 0.25) is 0 Å². The Balaban J connectivity index is 4.05. The second kappa shape index (κ2) is 27.0. The summed E-state index contributed by atoms with van der Waals surface area (Å²) in [6.07, 6.45) is 25.2. The zero-order valence-electron chi connectivity index (χ0n) is 24.8. The molecule has 0 radical (unpaired) electrons. The lowest BCUT2D eigenvalue weighted by Gasteiger charge is -2.18. The van der Waals surface area contributed by atoms with E-state index in [2.05, 4.69) is 30.5 Å². The molecule has 1 atom stereocenters. The van der Waals surface area contributed by atoms with Gasteiger partial charge in [0, 0.05) is 12.8 Å². The van der Waals surface area contributed by atoms with Crippen LogP contribution in [0.15, 0.2) is 12.2 Å². The van der Waals surface area contributed by atoms with Crippen LogP contribution < -0.4 is 0 Å². The fourth-order valence-corrected chi connectivity index (χ4v) is 4.56. The summed E-state index contributed by atoms with van der Waals surface area (Å²) in [6, 6.07) is 0. The number of esters is 2. The van der Waals surface area contributed by atoms with Gasteiger partial charge in [0.1, 0.15) is 6.61 Å². The van der Waals surface area contributed by atoms with E-state index in [0.29, 0.717) is 6.42 Å². The molecule has 1 unspecified atom stereocenters. The summed E-state index contributed by atoms with van der Waals surface area (Å²) in [4.78, 5) is 42.3. The predicted molar refractivity (Wildman–Crippen MR) is 156 cm³/mol. The number of ether oxygens (including phenoxy) is 2. The summed E-state index contributed by atoms with van der Waals surface area (Å²) in [5.41, 5.74) is 0. The fourth-order valence-electron chi connectivity index (χ4n) is 4.20. The Bertz CT molecular complexity index is 661. The maximum Gasteiger partial charge on any atom is 0.469 e. The number of rotatable bonds is 28. The van der Waals surface area contributed by atoms with Gasteiger partial charge in [-0.25, -0.2) is 4.57 Å². The average molecular weight is 577 g/mol. The first-order valence-corrected chi connectivity index (χ1v) is 17.0. The molecule has 0 saturated heterocycles. The van der Waals surface area contributed by atoms with Crippen LogP contribution in [0.3, 0.4) is 0 Å². The number of carbonyl (C=O) groups is 2. The summed E-state index contributed by atoms with van der Waals surface area (Å²) >= 11 is 0. The molecule has 39 heavy (non-hydrogen) atoms. The minimum Gasteiger partial charge on any atom is -0.462 e. The van der Waals surface area contributed by atoms with E-state index in [9.17, 15) is 14.2 Å². The zero-order chi connectivity index (χ0) is 29.0. The highest BCUT2D eigenvalue weighted by molar-refractivity contribution is 7.46. The first kappa shape index (κ1) is 37.8. The number of allylic oxidation sites excluding steroid dienone is 2. The summed E-state index contributed by atoms with van der Waals surface area (Å²) < 4.78 is 26.1. The third kappa shape index (κ3) is 29.6. The minimum absolute atomic E-state index is 0.204. The van der Waals surface area contributed by atoms with Crippen LogP contribution in [0.2, 0.25) is 0 Å². The predicted octanol–water partition coefficient (Wildman–Crippen LogP) is 8.34. The number of unbranched alkanes of at least 4 members (excludes halogenated alkanes) is 16. The molecule has 0 aromatic heterocycles. The van der Waals surface area contributed by atoms with Gasteiger partial charge in [0.25, 0.3) is 0 Å². The van der Waals surface area contributed by atoms with E-state index in [1.165, 1.54) is 57.8 Å². The molecule has 2 N–H and O–H groups in total. The number of phosphoric ester groups is 1. The minimum atomic E-state index is -4.73. The number of hydrogen-bond donors (Lipinski definition) is 2. The van der Waals surface area contributed by atoms with Gasteiger partial charge in [-0.1, -0.05) is 116 Å². The summed E-state index contributed by atoms with van der Waals surface area (Å²) in [6.45, 7) is 3.57. The van der Waals surface area contributed by atoms with Gasteiger partial charge in [-0.3, -0.25) is 14.1 Å². The number of phosphoric acid groups is 1. The molecular formula is C30H57O8P. The van der Waals surface area contributed by atoms with Crippen molar-refractivity contribution >= 4 is 19.8 Å². The molecule has 0 aromatic carbocycles. The Morgan fingerprint density at radius 1 is 0.641 bits per heavy atom. The first-order valence-electron chi connectivity index (χ1n) is 15.5. The van der Waals surface area contributed by atoms with Crippen LogP contribution in [0.4, 0.5) is 0 Å². The molecule has 0 rings (SSSR count). The van der Waals surface area contributed by atoms with Crippen molar-refractivity contribution in [3.05, 3.63) is 12.2 Å². The van der Waals surface area contributed by atoms with Gasteiger partial charge in [-0.15, -0.1) is 0 Å². The van der Waals surface area contributed by atoms with Crippen molar-refractivity contribution in [1.82, 2.24) is 0 Å². The Morgan fingerprint density at radius 2 is 1.13 bits per heavy atom. The largest absolute Gasteiger partial charge is 0.469 e. The Hall–Kier alpha value is -1.21. The molecule has 0 spiro atoms. The Morgan fingerprint density at radius 3 is 1.67 bits per heavy atom. The van der Waals surface area contributed by atoms with Gasteiger partial charge < -0.3 is 19.3 Å².